The molecule has 262 valence electrons. The zero-order valence-corrected chi connectivity index (χ0v) is 30.5. The standard InChI is InChI=1S/C53H35N3/c1-2-12-36(13-3-1)37-23-25-41(26-24-37)51-35-52(42-29-27-40(28-30-42)50-22-8-9-31-54-50)56-53(55-51)45-33-43(48-20-10-16-38-14-4-6-18-46(38)48)32-44(34-45)49-21-11-17-39-15-5-7-19-47(39)49/h1-35H. The number of nitrogens with zero attached hydrogens (tertiary/aromatic N) is 3. The fraction of sp³-hybridized carbons (Fsp3) is 0. The monoisotopic (exact) mass is 713 g/mol. The van der Waals surface area contributed by atoms with E-state index < -0.39 is 0 Å². The van der Waals surface area contributed by atoms with Crippen LogP contribution in [0.25, 0.3) is 100 Å². The zero-order chi connectivity index (χ0) is 37.3. The molecule has 0 amide bonds. The van der Waals surface area contributed by atoms with Gasteiger partial charge in [-0.3, -0.25) is 4.98 Å². The summed E-state index contributed by atoms with van der Waals surface area (Å²) < 4.78 is 0. The number of fused-ring (bicyclic) bond motifs is 2. The van der Waals surface area contributed by atoms with Crippen LogP contribution in [0, 0.1) is 0 Å². The van der Waals surface area contributed by atoms with Crippen LogP contribution in [0.2, 0.25) is 0 Å². The lowest BCUT2D eigenvalue weighted by Crippen LogP contribution is -1.97. The highest BCUT2D eigenvalue weighted by Gasteiger charge is 2.16. The first-order valence-corrected chi connectivity index (χ1v) is 18.9. The summed E-state index contributed by atoms with van der Waals surface area (Å²) in [7, 11) is 0. The molecule has 10 aromatic rings. The summed E-state index contributed by atoms with van der Waals surface area (Å²) in [6.07, 6.45) is 1.83. The van der Waals surface area contributed by atoms with E-state index in [4.69, 9.17) is 9.97 Å². The number of rotatable bonds is 7. The second-order valence-electron chi connectivity index (χ2n) is 14.1. The molecule has 3 heteroatoms. The van der Waals surface area contributed by atoms with Crippen molar-refractivity contribution in [2.75, 3.05) is 0 Å². The predicted molar refractivity (Wildman–Crippen MR) is 233 cm³/mol. The number of hydrogen-bond acceptors (Lipinski definition) is 3. The molecule has 3 nitrogen and oxygen atoms in total. The highest BCUT2D eigenvalue weighted by molar-refractivity contribution is 6.01. The summed E-state index contributed by atoms with van der Waals surface area (Å²) >= 11 is 0. The molecule has 0 fully saturated rings. The summed E-state index contributed by atoms with van der Waals surface area (Å²) in [5.41, 5.74) is 13.6. The van der Waals surface area contributed by atoms with E-state index >= 15 is 0 Å². The molecule has 0 aliphatic carbocycles. The van der Waals surface area contributed by atoms with Crippen molar-refractivity contribution >= 4 is 21.5 Å². The van der Waals surface area contributed by atoms with E-state index in [2.05, 4.69) is 187 Å². The van der Waals surface area contributed by atoms with Gasteiger partial charge in [0.1, 0.15) is 0 Å². The predicted octanol–water partition coefficient (Wildman–Crippen LogP) is 13.8. The van der Waals surface area contributed by atoms with Crippen LogP contribution in [-0.4, -0.2) is 15.0 Å². The molecule has 0 atom stereocenters. The molecule has 0 unspecified atom stereocenters. The van der Waals surface area contributed by atoms with Crippen LogP contribution in [-0.2, 0) is 0 Å². The Morgan fingerprint density at radius 2 is 0.714 bits per heavy atom. The third-order valence-electron chi connectivity index (χ3n) is 10.5. The van der Waals surface area contributed by atoms with Gasteiger partial charge in [-0.15, -0.1) is 0 Å². The van der Waals surface area contributed by atoms with E-state index in [1.54, 1.807) is 0 Å². The van der Waals surface area contributed by atoms with Gasteiger partial charge in [0, 0.05) is 28.5 Å². The average Bonchev–Trinajstić information content (AvgIpc) is 3.29. The van der Waals surface area contributed by atoms with Crippen LogP contribution < -0.4 is 0 Å². The van der Waals surface area contributed by atoms with Crippen LogP contribution in [0.1, 0.15) is 0 Å². The molecule has 8 aromatic carbocycles. The summed E-state index contributed by atoms with van der Waals surface area (Å²) in [5.74, 6) is 0.669. The lowest BCUT2D eigenvalue weighted by Gasteiger charge is -2.15. The molecule has 0 saturated heterocycles. The van der Waals surface area contributed by atoms with E-state index in [1.165, 1.54) is 38.2 Å². The molecule has 2 heterocycles. The first-order valence-electron chi connectivity index (χ1n) is 18.9. The quantitative estimate of drug-likeness (QED) is 0.165. The highest BCUT2D eigenvalue weighted by Crippen LogP contribution is 2.39. The topological polar surface area (TPSA) is 38.7 Å². The SMILES string of the molecule is c1ccc(-c2ccc(-c3cc(-c4ccc(-c5ccccn5)cc4)nc(-c4cc(-c5cccc6ccccc56)cc(-c5cccc6ccccc56)c4)n3)cc2)cc1. The molecule has 56 heavy (non-hydrogen) atoms. The minimum Gasteiger partial charge on any atom is -0.256 e. The van der Waals surface area contributed by atoms with Crippen molar-refractivity contribution < 1.29 is 0 Å². The molecule has 0 aliphatic rings. The number of hydrogen-bond donors (Lipinski definition) is 0. The molecule has 10 rings (SSSR count). The van der Waals surface area contributed by atoms with E-state index in [0.29, 0.717) is 5.82 Å². The Hall–Kier alpha value is -7.49. The fourth-order valence-electron chi connectivity index (χ4n) is 7.70. The van der Waals surface area contributed by atoms with Crippen molar-refractivity contribution in [2.24, 2.45) is 0 Å². The van der Waals surface area contributed by atoms with Crippen LogP contribution in [0.3, 0.4) is 0 Å². The van der Waals surface area contributed by atoms with Crippen molar-refractivity contribution in [3.63, 3.8) is 0 Å². The van der Waals surface area contributed by atoms with E-state index in [-0.39, 0.29) is 0 Å². The van der Waals surface area contributed by atoms with Gasteiger partial charge in [0.2, 0.25) is 0 Å². The first kappa shape index (κ1) is 33.1. The van der Waals surface area contributed by atoms with Gasteiger partial charge in [-0.1, -0.05) is 170 Å². The lowest BCUT2D eigenvalue weighted by atomic mass is 9.91. The number of benzene rings is 8. The van der Waals surface area contributed by atoms with Crippen molar-refractivity contribution in [1.29, 1.82) is 0 Å². The Bertz CT molecular complexity index is 2780. The Morgan fingerprint density at radius 1 is 0.268 bits per heavy atom. The molecular formula is C53H35N3. The molecule has 2 aromatic heterocycles. The average molecular weight is 714 g/mol. The second kappa shape index (κ2) is 14.4. The maximum atomic E-state index is 5.34. The van der Waals surface area contributed by atoms with Crippen LogP contribution in [0.4, 0.5) is 0 Å². The van der Waals surface area contributed by atoms with Crippen LogP contribution in [0.15, 0.2) is 212 Å². The van der Waals surface area contributed by atoms with Crippen molar-refractivity contribution in [3.05, 3.63) is 212 Å². The Balaban J connectivity index is 1.18. The van der Waals surface area contributed by atoms with E-state index in [0.717, 1.165) is 56.0 Å². The second-order valence-corrected chi connectivity index (χ2v) is 14.1. The van der Waals surface area contributed by atoms with Crippen molar-refractivity contribution in [2.45, 2.75) is 0 Å². The largest absolute Gasteiger partial charge is 0.256 e. The number of aromatic nitrogens is 3. The van der Waals surface area contributed by atoms with Gasteiger partial charge in [-0.25, -0.2) is 9.97 Å². The Labute approximate surface area is 326 Å². The smallest absolute Gasteiger partial charge is 0.160 e. The fourth-order valence-corrected chi connectivity index (χ4v) is 7.70. The maximum Gasteiger partial charge on any atom is 0.160 e. The van der Waals surface area contributed by atoms with Gasteiger partial charge in [0.25, 0.3) is 0 Å². The normalized spacial score (nSPS) is 11.2. The Morgan fingerprint density at radius 3 is 1.27 bits per heavy atom. The van der Waals surface area contributed by atoms with Gasteiger partial charge in [0.05, 0.1) is 17.1 Å². The van der Waals surface area contributed by atoms with Crippen LogP contribution in [0.5, 0.6) is 0 Å². The molecule has 0 N–H and O–H groups in total. The first-order chi connectivity index (χ1) is 27.7. The van der Waals surface area contributed by atoms with E-state index in [1.807, 2.05) is 30.5 Å². The van der Waals surface area contributed by atoms with E-state index in [9.17, 15) is 0 Å². The third kappa shape index (κ3) is 6.42. The van der Waals surface area contributed by atoms with Crippen molar-refractivity contribution in [3.8, 4) is 78.5 Å². The van der Waals surface area contributed by atoms with Gasteiger partial charge in [0.15, 0.2) is 5.82 Å². The van der Waals surface area contributed by atoms with Crippen molar-refractivity contribution in [1.82, 2.24) is 15.0 Å². The number of pyridine rings is 1. The lowest BCUT2D eigenvalue weighted by molar-refractivity contribution is 1.18. The summed E-state index contributed by atoms with van der Waals surface area (Å²) in [6.45, 7) is 0. The minimum absolute atomic E-state index is 0.669. The molecule has 0 bridgehead atoms. The van der Waals surface area contributed by atoms with Crippen LogP contribution >= 0.6 is 0 Å². The molecule has 0 radical (unpaired) electrons. The zero-order valence-electron chi connectivity index (χ0n) is 30.5. The molecule has 0 aliphatic heterocycles. The van der Waals surface area contributed by atoms with Gasteiger partial charge >= 0.3 is 0 Å². The molecule has 0 spiro atoms. The van der Waals surface area contributed by atoms with Gasteiger partial charge in [-0.05, 0) is 91.3 Å². The van der Waals surface area contributed by atoms with Gasteiger partial charge < -0.3 is 0 Å². The van der Waals surface area contributed by atoms with Gasteiger partial charge in [-0.2, -0.15) is 0 Å². The highest BCUT2D eigenvalue weighted by atomic mass is 14.9. The molecular weight excluding hydrogens is 679 g/mol. The Kier molecular flexibility index (Phi) is 8.51. The third-order valence-corrected chi connectivity index (χ3v) is 10.5. The maximum absolute atomic E-state index is 5.34. The molecule has 0 saturated carbocycles. The summed E-state index contributed by atoms with van der Waals surface area (Å²) in [5, 5.41) is 4.82. The minimum atomic E-state index is 0.669. The summed E-state index contributed by atoms with van der Waals surface area (Å²) in [6, 6.07) is 72.8. The summed E-state index contributed by atoms with van der Waals surface area (Å²) in [4.78, 5) is 15.2.